The van der Waals surface area contributed by atoms with Crippen molar-refractivity contribution < 1.29 is 39.6 Å². The molecule has 8 nitrogen and oxygen atoms in total. The van der Waals surface area contributed by atoms with Crippen molar-refractivity contribution in [1.29, 1.82) is 0 Å². The first-order valence-electron chi connectivity index (χ1n) is 8.65. The van der Waals surface area contributed by atoms with Gasteiger partial charge in [-0.15, -0.1) is 45.3 Å². The second-order valence-corrected chi connectivity index (χ2v) is 10.8. The van der Waals surface area contributed by atoms with Crippen molar-refractivity contribution >= 4 is 69.2 Å². The SMILES string of the molecule is O=C(O)c1cc2/c(s1)=c1/sc(C(=O)O)c/c1=c1\cc(C(=O)O)s\c1=c1/sc(C(=O)O)c/c1=2. The van der Waals surface area contributed by atoms with Crippen LogP contribution in [0.4, 0.5) is 0 Å². The minimum atomic E-state index is -1.16. The zero-order valence-corrected chi connectivity index (χ0v) is 18.6. The summed E-state index contributed by atoms with van der Waals surface area (Å²) >= 11 is 3.86. The van der Waals surface area contributed by atoms with Crippen LogP contribution in [0.3, 0.4) is 0 Å². The number of aromatic carboxylic acids is 4. The Hall–Kier alpha value is -3.32. The van der Waals surface area contributed by atoms with E-state index in [2.05, 4.69) is 0 Å². The molecule has 12 heteroatoms. The van der Waals surface area contributed by atoms with Crippen LogP contribution in [0.15, 0.2) is 24.3 Å². The van der Waals surface area contributed by atoms with E-state index in [0.29, 0.717) is 39.0 Å². The molecule has 4 N–H and O–H groups in total. The van der Waals surface area contributed by atoms with Gasteiger partial charge in [-0.3, -0.25) is 0 Å². The van der Waals surface area contributed by atoms with Crippen LogP contribution in [0.2, 0.25) is 0 Å². The fourth-order valence-corrected chi connectivity index (χ4v) is 7.82. The van der Waals surface area contributed by atoms with E-state index >= 15 is 0 Å². The zero-order valence-electron chi connectivity index (χ0n) is 15.4. The maximum atomic E-state index is 11.7. The lowest BCUT2D eigenvalue weighted by atomic mass is 10.2. The van der Waals surface area contributed by atoms with Gasteiger partial charge < -0.3 is 20.4 Å². The van der Waals surface area contributed by atoms with Gasteiger partial charge in [0.2, 0.25) is 0 Å². The molecule has 32 heavy (non-hydrogen) atoms. The van der Waals surface area contributed by atoms with Crippen LogP contribution in [0.25, 0.3) is 0 Å². The molecular formula is C20H8O8S4. The molecule has 0 aliphatic heterocycles. The number of carboxylic acid groups (broad SMARTS) is 4. The van der Waals surface area contributed by atoms with Crippen molar-refractivity contribution in [1.82, 2.24) is 0 Å². The summed E-state index contributed by atoms with van der Waals surface area (Å²) in [6.07, 6.45) is 0. The van der Waals surface area contributed by atoms with E-state index in [1.165, 1.54) is 24.3 Å². The van der Waals surface area contributed by atoms with E-state index in [1.807, 2.05) is 0 Å². The standard InChI is InChI=1S/C20H8O8S4/c21-17(22)9-1-5-6-2-10(18(23)24)30-14(6)16-8(4-12(32-16)20(27)28)7-3-11(19(25)26)31-15(7)13(5)29-9/h1-4H,(H,21,22)(H,23,24)(H,25,26)(H,27,28)/b6-5-,8-7-,15-13-,16-14-. The van der Waals surface area contributed by atoms with Gasteiger partial charge in [0.25, 0.3) is 0 Å². The highest BCUT2D eigenvalue weighted by Gasteiger charge is 2.17. The average Bonchev–Trinajstić information content (AvgIpc) is 3.47. The van der Waals surface area contributed by atoms with Gasteiger partial charge in [0, 0.05) is 20.9 Å². The average molecular weight is 505 g/mol. The Bertz CT molecular complexity index is 1480. The number of fused-ring (bicyclic) bond motifs is 4. The van der Waals surface area contributed by atoms with E-state index in [9.17, 15) is 39.6 Å². The maximum Gasteiger partial charge on any atom is 0.345 e. The van der Waals surface area contributed by atoms with Crippen LogP contribution in [0, 0.1) is 39.0 Å². The number of carboxylic acids is 4. The van der Waals surface area contributed by atoms with E-state index in [1.54, 1.807) is 0 Å². The Kier molecular flexibility index (Phi) is 4.57. The number of rotatable bonds is 4. The molecule has 5 rings (SSSR count). The molecule has 160 valence electrons. The van der Waals surface area contributed by atoms with Crippen molar-refractivity contribution in [3.63, 3.8) is 0 Å². The quantitative estimate of drug-likeness (QED) is 0.285. The van der Waals surface area contributed by atoms with Gasteiger partial charge in [-0.05, 0) is 24.3 Å². The second kappa shape index (κ2) is 7.10. The zero-order chi connectivity index (χ0) is 22.9. The maximum absolute atomic E-state index is 11.7. The summed E-state index contributed by atoms with van der Waals surface area (Å²) in [5.41, 5.74) is 0. The van der Waals surface area contributed by atoms with E-state index in [0.717, 1.165) is 45.3 Å². The van der Waals surface area contributed by atoms with Crippen molar-refractivity contribution in [2.45, 2.75) is 0 Å². The lowest BCUT2D eigenvalue weighted by Crippen LogP contribution is -1.90. The third-order valence-corrected chi connectivity index (χ3v) is 9.58. The minimum Gasteiger partial charge on any atom is -0.477 e. The molecule has 4 aromatic rings. The fourth-order valence-electron chi connectivity index (χ4n) is 3.46. The molecule has 0 spiro atoms. The molecule has 1 aliphatic carbocycles. The highest BCUT2D eigenvalue weighted by atomic mass is 32.1. The molecule has 0 aromatic carbocycles. The Labute approximate surface area is 191 Å². The Morgan fingerprint density at radius 2 is 0.625 bits per heavy atom. The lowest BCUT2D eigenvalue weighted by molar-refractivity contribution is 0.0691. The number of hydrogen-bond acceptors (Lipinski definition) is 8. The molecule has 0 saturated carbocycles. The number of carbonyl (C=O) groups is 4. The van der Waals surface area contributed by atoms with Gasteiger partial charge in [0.05, 0.1) is 18.1 Å². The Morgan fingerprint density at radius 3 is 0.781 bits per heavy atom. The highest BCUT2D eigenvalue weighted by Crippen LogP contribution is 2.29. The fraction of sp³-hybridized carbons (Fsp3) is 0. The first kappa shape index (κ1) is 20.6. The van der Waals surface area contributed by atoms with Crippen molar-refractivity contribution in [3.8, 4) is 0 Å². The first-order chi connectivity index (χ1) is 15.2. The van der Waals surface area contributed by atoms with Gasteiger partial charge in [-0.2, -0.15) is 0 Å². The topological polar surface area (TPSA) is 149 Å². The summed E-state index contributed by atoms with van der Waals surface area (Å²) < 4.78 is 2.00. The molecule has 0 unspecified atom stereocenters. The molecule has 0 amide bonds. The largest absolute Gasteiger partial charge is 0.477 e. The van der Waals surface area contributed by atoms with Crippen molar-refractivity contribution in [3.05, 3.63) is 82.8 Å². The minimum absolute atomic E-state index is 0.0247. The highest BCUT2D eigenvalue weighted by molar-refractivity contribution is 7.16. The molecule has 0 radical (unpaired) electrons. The summed E-state index contributed by atoms with van der Waals surface area (Å²) in [5, 5.41) is 40.1. The molecule has 4 heterocycles. The van der Waals surface area contributed by atoms with Crippen LogP contribution < -0.4 is 0 Å². The Balaban J connectivity index is 2.29. The summed E-state index contributed by atoms with van der Waals surface area (Å²) in [4.78, 5) is 46.9. The normalized spacial score (nSPS) is 16.0. The van der Waals surface area contributed by atoms with Gasteiger partial charge in [-0.1, -0.05) is 0 Å². The third-order valence-electron chi connectivity index (χ3n) is 4.76. The first-order valence-corrected chi connectivity index (χ1v) is 11.9. The van der Waals surface area contributed by atoms with Crippen molar-refractivity contribution in [2.75, 3.05) is 0 Å². The van der Waals surface area contributed by atoms with Crippen molar-refractivity contribution in [2.24, 2.45) is 0 Å². The van der Waals surface area contributed by atoms with Gasteiger partial charge in [-0.25, -0.2) is 19.2 Å². The summed E-state index contributed by atoms with van der Waals surface area (Å²) in [6.45, 7) is 0. The van der Waals surface area contributed by atoms with Crippen LogP contribution >= 0.6 is 45.3 Å². The van der Waals surface area contributed by atoms with Crippen LogP contribution in [-0.2, 0) is 0 Å². The predicted molar refractivity (Wildman–Crippen MR) is 116 cm³/mol. The smallest absolute Gasteiger partial charge is 0.345 e. The predicted octanol–water partition coefficient (Wildman–Crippen LogP) is 4.19. The summed E-state index contributed by atoms with van der Waals surface area (Å²) in [5.74, 6) is -4.62. The molecule has 0 fully saturated rings. The van der Waals surface area contributed by atoms with Crippen LogP contribution in [-0.4, -0.2) is 44.3 Å². The molecule has 0 bridgehead atoms. The Morgan fingerprint density at radius 1 is 0.438 bits per heavy atom. The molecular weight excluding hydrogens is 496 g/mol. The molecule has 0 atom stereocenters. The van der Waals surface area contributed by atoms with E-state index < -0.39 is 23.9 Å². The second-order valence-electron chi connectivity index (χ2n) is 6.63. The molecule has 1 aliphatic rings. The van der Waals surface area contributed by atoms with Crippen LogP contribution in [0.5, 0.6) is 0 Å². The molecule has 4 aromatic heterocycles. The van der Waals surface area contributed by atoms with Crippen LogP contribution in [0.1, 0.15) is 38.7 Å². The molecule has 0 saturated heterocycles. The van der Waals surface area contributed by atoms with Gasteiger partial charge in [0.15, 0.2) is 0 Å². The lowest BCUT2D eigenvalue weighted by Gasteiger charge is -1.87. The monoisotopic (exact) mass is 504 g/mol. The number of thiophene rings is 4. The van der Waals surface area contributed by atoms with E-state index in [4.69, 9.17) is 0 Å². The van der Waals surface area contributed by atoms with Gasteiger partial charge in [0.1, 0.15) is 19.5 Å². The summed E-state index contributed by atoms with van der Waals surface area (Å²) in [7, 11) is 0. The summed E-state index contributed by atoms with van der Waals surface area (Å²) in [6, 6.07) is 5.78. The third kappa shape index (κ3) is 2.99. The van der Waals surface area contributed by atoms with Gasteiger partial charge >= 0.3 is 23.9 Å². The number of hydrogen-bond donors (Lipinski definition) is 4. The van der Waals surface area contributed by atoms with E-state index in [-0.39, 0.29) is 19.5 Å².